The molecular formula is C28H34N4OS. The first-order chi connectivity index (χ1) is 16.3. The largest absolute Gasteiger partial charge is 0.376 e. The van der Waals surface area contributed by atoms with Gasteiger partial charge in [-0.2, -0.15) is 0 Å². The Morgan fingerprint density at radius 1 is 1.09 bits per heavy atom. The van der Waals surface area contributed by atoms with E-state index in [-0.39, 0.29) is 18.2 Å². The molecule has 1 aromatic carbocycles. The second kappa shape index (κ2) is 9.16. The second-order valence-electron chi connectivity index (χ2n) is 9.82. The van der Waals surface area contributed by atoms with Crippen molar-refractivity contribution in [2.45, 2.75) is 65.6 Å². The molecule has 0 unspecified atom stereocenters. The summed E-state index contributed by atoms with van der Waals surface area (Å²) < 4.78 is 8.43. The Morgan fingerprint density at radius 2 is 1.85 bits per heavy atom. The van der Waals surface area contributed by atoms with Crippen molar-refractivity contribution >= 4 is 17.3 Å². The number of ether oxygens (including phenoxy) is 1. The van der Waals surface area contributed by atoms with E-state index in [2.05, 4.69) is 79.7 Å². The minimum Gasteiger partial charge on any atom is -0.376 e. The Labute approximate surface area is 208 Å². The van der Waals surface area contributed by atoms with Gasteiger partial charge in [0.2, 0.25) is 0 Å². The molecule has 3 aromatic rings. The van der Waals surface area contributed by atoms with Crippen LogP contribution in [0.3, 0.4) is 0 Å². The van der Waals surface area contributed by atoms with Gasteiger partial charge in [0.15, 0.2) is 5.11 Å². The van der Waals surface area contributed by atoms with Gasteiger partial charge in [-0.25, -0.2) is 0 Å². The summed E-state index contributed by atoms with van der Waals surface area (Å²) in [6.07, 6.45) is 4.28. The van der Waals surface area contributed by atoms with Crippen molar-refractivity contribution in [3.8, 4) is 5.69 Å². The number of aromatic nitrogens is 2. The van der Waals surface area contributed by atoms with E-state index in [0.717, 1.165) is 36.8 Å². The molecule has 0 spiro atoms. The number of hydrogen-bond donors (Lipinski definition) is 1. The van der Waals surface area contributed by atoms with E-state index in [4.69, 9.17) is 21.9 Å². The third kappa shape index (κ3) is 4.03. The number of hydrogen-bond acceptors (Lipinski definition) is 3. The van der Waals surface area contributed by atoms with Gasteiger partial charge < -0.3 is 19.5 Å². The van der Waals surface area contributed by atoms with Gasteiger partial charge in [-0.15, -0.1) is 0 Å². The third-order valence-corrected chi connectivity index (χ3v) is 7.62. The van der Waals surface area contributed by atoms with Crippen LogP contribution in [-0.4, -0.2) is 38.8 Å². The van der Waals surface area contributed by atoms with E-state index < -0.39 is 0 Å². The first-order valence-electron chi connectivity index (χ1n) is 12.2. The van der Waals surface area contributed by atoms with Gasteiger partial charge in [0.05, 0.1) is 29.6 Å². The second-order valence-corrected chi connectivity index (χ2v) is 10.2. The quantitative estimate of drug-likeness (QED) is 0.490. The zero-order chi connectivity index (χ0) is 24.0. The lowest BCUT2D eigenvalue weighted by atomic mass is 9.96. The van der Waals surface area contributed by atoms with Crippen molar-refractivity contribution in [3.05, 3.63) is 81.9 Å². The molecule has 0 bridgehead atoms. The molecule has 2 aliphatic heterocycles. The number of thiocarbonyl (C=S) groups is 1. The minimum atomic E-state index is -0.00994. The first kappa shape index (κ1) is 23.1. The number of nitrogens with zero attached hydrogens (tertiary/aromatic N) is 3. The van der Waals surface area contributed by atoms with Crippen LogP contribution in [0.15, 0.2) is 42.6 Å². The summed E-state index contributed by atoms with van der Waals surface area (Å²) in [6, 6.07) is 13.0. The normalized spacial score (nSPS) is 22.4. The lowest BCUT2D eigenvalue weighted by Crippen LogP contribution is -2.36. The number of pyridine rings is 1. The predicted molar refractivity (Wildman–Crippen MR) is 141 cm³/mol. The molecule has 34 heavy (non-hydrogen) atoms. The maximum Gasteiger partial charge on any atom is 0.170 e. The lowest BCUT2D eigenvalue weighted by Gasteiger charge is -2.30. The molecule has 2 aliphatic rings. The van der Waals surface area contributed by atoms with Gasteiger partial charge in [-0.05, 0) is 94.6 Å². The molecule has 178 valence electrons. The summed E-state index contributed by atoms with van der Waals surface area (Å²) in [4.78, 5) is 7.04. The van der Waals surface area contributed by atoms with Crippen LogP contribution in [0.2, 0.25) is 0 Å². The van der Waals surface area contributed by atoms with Gasteiger partial charge in [0.1, 0.15) is 0 Å². The van der Waals surface area contributed by atoms with E-state index in [1.54, 1.807) is 0 Å². The van der Waals surface area contributed by atoms with Crippen molar-refractivity contribution in [3.63, 3.8) is 0 Å². The Bertz CT molecular complexity index is 1190. The SMILES string of the molecule is Cc1cc(C)c(-n2c(C)cc([C@@H]3[C@@H](c4ccccn4)NC(=S)N3C[C@@H]3CCCO3)c2C)c(C)c1. The van der Waals surface area contributed by atoms with Crippen LogP contribution in [0.5, 0.6) is 0 Å². The highest BCUT2D eigenvalue weighted by atomic mass is 32.1. The fourth-order valence-electron chi connectivity index (χ4n) is 5.90. The standard InChI is InChI=1S/C28H34N4OS/c1-17-13-18(2)26(19(3)14-17)32-20(4)15-23(21(32)5)27-25(24-10-6-7-11-29-24)30-28(34)31(27)16-22-9-8-12-33-22/h6-7,10-11,13-15,22,25,27H,8-9,12,16H2,1-5H3,(H,30,34)/t22-,25+,27+/m0/s1. The van der Waals surface area contributed by atoms with E-state index in [0.29, 0.717) is 0 Å². The van der Waals surface area contributed by atoms with Crippen LogP contribution in [-0.2, 0) is 4.74 Å². The van der Waals surface area contributed by atoms with Crippen molar-refractivity contribution in [2.24, 2.45) is 0 Å². The summed E-state index contributed by atoms with van der Waals surface area (Å²) in [5.74, 6) is 0. The van der Waals surface area contributed by atoms with Gasteiger partial charge >= 0.3 is 0 Å². The molecule has 5 nitrogen and oxygen atoms in total. The number of nitrogens with one attached hydrogen (secondary N) is 1. The molecule has 4 heterocycles. The van der Waals surface area contributed by atoms with E-state index in [9.17, 15) is 0 Å². The molecule has 0 amide bonds. The summed E-state index contributed by atoms with van der Waals surface area (Å²) >= 11 is 5.89. The number of rotatable bonds is 5. The van der Waals surface area contributed by atoms with E-state index >= 15 is 0 Å². The van der Waals surface area contributed by atoms with E-state index in [1.807, 2.05) is 12.3 Å². The van der Waals surface area contributed by atoms with Crippen molar-refractivity contribution < 1.29 is 4.74 Å². The fourth-order valence-corrected chi connectivity index (χ4v) is 6.22. The van der Waals surface area contributed by atoms with E-state index in [1.165, 1.54) is 39.3 Å². The average molecular weight is 475 g/mol. The molecule has 6 heteroatoms. The number of aryl methyl sites for hydroxylation is 4. The van der Waals surface area contributed by atoms with Crippen LogP contribution in [0.4, 0.5) is 0 Å². The molecule has 0 saturated carbocycles. The van der Waals surface area contributed by atoms with Crippen molar-refractivity contribution in [2.75, 3.05) is 13.2 Å². The summed E-state index contributed by atoms with van der Waals surface area (Å²) in [5, 5.41) is 4.38. The highest BCUT2D eigenvalue weighted by Gasteiger charge is 2.42. The Hall–Kier alpha value is -2.70. The molecule has 3 atom stereocenters. The summed E-state index contributed by atoms with van der Waals surface area (Å²) in [6.45, 7) is 12.7. The summed E-state index contributed by atoms with van der Waals surface area (Å²) in [7, 11) is 0. The third-order valence-electron chi connectivity index (χ3n) is 7.27. The van der Waals surface area contributed by atoms with Gasteiger partial charge in [-0.1, -0.05) is 23.8 Å². The predicted octanol–water partition coefficient (Wildman–Crippen LogP) is 5.57. The highest BCUT2D eigenvalue weighted by Crippen LogP contribution is 2.42. The maximum atomic E-state index is 6.01. The molecule has 0 aliphatic carbocycles. The molecule has 2 fully saturated rings. The molecule has 2 saturated heterocycles. The van der Waals surface area contributed by atoms with Crippen LogP contribution < -0.4 is 5.32 Å². The first-order valence-corrected chi connectivity index (χ1v) is 12.6. The van der Waals surface area contributed by atoms with Crippen LogP contribution in [0, 0.1) is 34.6 Å². The average Bonchev–Trinajstić information content (AvgIpc) is 3.49. The summed E-state index contributed by atoms with van der Waals surface area (Å²) in [5.41, 5.74) is 9.95. The molecule has 1 N–H and O–H groups in total. The van der Waals surface area contributed by atoms with Gasteiger partial charge in [-0.3, -0.25) is 4.98 Å². The fraction of sp³-hybridized carbons (Fsp3) is 0.429. The van der Waals surface area contributed by atoms with Crippen molar-refractivity contribution in [1.82, 2.24) is 19.8 Å². The Balaban J connectivity index is 1.62. The topological polar surface area (TPSA) is 42.3 Å². The minimum absolute atomic E-state index is 0.00994. The number of benzene rings is 1. The Morgan fingerprint density at radius 3 is 2.50 bits per heavy atom. The van der Waals surface area contributed by atoms with Crippen LogP contribution >= 0.6 is 12.2 Å². The monoisotopic (exact) mass is 474 g/mol. The van der Waals surface area contributed by atoms with Gasteiger partial charge in [0, 0.05) is 30.7 Å². The van der Waals surface area contributed by atoms with Crippen LogP contribution in [0.25, 0.3) is 5.69 Å². The van der Waals surface area contributed by atoms with Crippen molar-refractivity contribution in [1.29, 1.82) is 0 Å². The molecule has 5 rings (SSSR count). The zero-order valence-electron chi connectivity index (χ0n) is 20.8. The Kier molecular flexibility index (Phi) is 6.21. The zero-order valence-corrected chi connectivity index (χ0v) is 21.6. The maximum absolute atomic E-state index is 6.01. The van der Waals surface area contributed by atoms with Crippen LogP contribution in [0.1, 0.15) is 64.3 Å². The highest BCUT2D eigenvalue weighted by molar-refractivity contribution is 7.80. The molecule has 0 radical (unpaired) electrons. The smallest absolute Gasteiger partial charge is 0.170 e. The molecular weight excluding hydrogens is 440 g/mol. The molecule has 2 aromatic heterocycles. The van der Waals surface area contributed by atoms with Gasteiger partial charge in [0.25, 0.3) is 0 Å². The lowest BCUT2D eigenvalue weighted by molar-refractivity contribution is 0.0842.